The largest absolute Gasteiger partial charge is 0.328 e. The second-order valence-corrected chi connectivity index (χ2v) is 5.85. The molecule has 0 saturated heterocycles. The molecule has 2 heterocycles. The number of rotatable bonds is 3. The molecule has 0 aliphatic carbocycles. The van der Waals surface area contributed by atoms with Crippen LogP contribution in [0.2, 0.25) is 0 Å². The fourth-order valence-electron chi connectivity index (χ4n) is 1.65. The summed E-state index contributed by atoms with van der Waals surface area (Å²) in [6.45, 7) is 3.64. The molecule has 0 aliphatic rings. The topological polar surface area (TPSA) is 91.9 Å². The van der Waals surface area contributed by atoms with Crippen LogP contribution >= 0.6 is 0 Å². The highest BCUT2D eigenvalue weighted by molar-refractivity contribution is 7.92. The molecule has 0 amide bonds. The number of sulfonamides is 1. The normalized spacial score (nSPS) is 11.3. The number of aromatic amines is 1. The van der Waals surface area contributed by atoms with E-state index in [1.165, 1.54) is 6.07 Å². The zero-order valence-electron chi connectivity index (χ0n) is 10.5. The molecular formula is C12H13N3O3S. The van der Waals surface area contributed by atoms with E-state index in [2.05, 4.69) is 14.7 Å². The van der Waals surface area contributed by atoms with Gasteiger partial charge in [0.05, 0.1) is 0 Å². The number of nitrogens with zero attached hydrogens (tertiary/aromatic N) is 1. The Morgan fingerprint density at radius 2 is 1.95 bits per heavy atom. The summed E-state index contributed by atoms with van der Waals surface area (Å²) in [5.41, 5.74) is 1.27. The number of hydrogen-bond donors (Lipinski definition) is 2. The first-order valence-electron chi connectivity index (χ1n) is 5.54. The van der Waals surface area contributed by atoms with E-state index in [9.17, 15) is 13.2 Å². The number of anilines is 1. The highest BCUT2D eigenvalue weighted by Gasteiger charge is 2.15. The van der Waals surface area contributed by atoms with Gasteiger partial charge in [-0.2, -0.15) is 0 Å². The van der Waals surface area contributed by atoms with Crippen molar-refractivity contribution in [2.45, 2.75) is 18.7 Å². The molecule has 0 unspecified atom stereocenters. The molecule has 0 saturated carbocycles. The molecule has 2 aromatic heterocycles. The summed E-state index contributed by atoms with van der Waals surface area (Å²) in [6, 6.07) is 5.88. The molecule has 2 rings (SSSR count). The first kappa shape index (κ1) is 13.3. The SMILES string of the molecule is Cc1cc(C)nc(NS(=O)(=O)c2ccc(=O)[nH]c2)c1. The summed E-state index contributed by atoms with van der Waals surface area (Å²) in [6.07, 6.45) is 1.15. The van der Waals surface area contributed by atoms with Gasteiger partial charge in [0, 0.05) is 18.0 Å². The van der Waals surface area contributed by atoms with E-state index in [4.69, 9.17) is 0 Å². The lowest BCUT2D eigenvalue weighted by Crippen LogP contribution is -2.16. The number of aryl methyl sites for hydroxylation is 2. The van der Waals surface area contributed by atoms with Crippen LogP contribution in [0.4, 0.5) is 5.82 Å². The van der Waals surface area contributed by atoms with Crippen LogP contribution in [0.25, 0.3) is 0 Å². The number of H-pyrrole nitrogens is 1. The van der Waals surface area contributed by atoms with Gasteiger partial charge in [0.2, 0.25) is 5.56 Å². The molecule has 0 aromatic carbocycles. The van der Waals surface area contributed by atoms with Crippen LogP contribution in [0, 0.1) is 13.8 Å². The van der Waals surface area contributed by atoms with Crippen LogP contribution < -0.4 is 10.3 Å². The summed E-state index contributed by atoms with van der Waals surface area (Å²) in [7, 11) is -3.75. The predicted molar refractivity (Wildman–Crippen MR) is 71.6 cm³/mol. The lowest BCUT2D eigenvalue weighted by molar-refractivity contribution is 0.600. The number of nitrogens with one attached hydrogen (secondary N) is 2. The molecule has 0 fully saturated rings. The Morgan fingerprint density at radius 1 is 1.21 bits per heavy atom. The van der Waals surface area contributed by atoms with Crippen molar-refractivity contribution in [1.29, 1.82) is 0 Å². The first-order chi connectivity index (χ1) is 8.87. The molecule has 0 bridgehead atoms. The van der Waals surface area contributed by atoms with Crippen molar-refractivity contribution in [2.75, 3.05) is 4.72 Å². The highest BCUT2D eigenvalue weighted by atomic mass is 32.2. The predicted octanol–water partition coefficient (Wildman–Crippen LogP) is 1.19. The molecule has 0 spiro atoms. The summed E-state index contributed by atoms with van der Waals surface area (Å²) in [4.78, 5) is 17.3. The van der Waals surface area contributed by atoms with E-state index in [1.54, 1.807) is 13.0 Å². The van der Waals surface area contributed by atoms with Gasteiger partial charge < -0.3 is 4.98 Å². The standard InChI is InChI=1S/C12H13N3O3S/c1-8-5-9(2)14-11(6-8)15-19(17,18)10-3-4-12(16)13-7-10/h3-7H,1-2H3,(H,13,16)(H,14,15). The van der Waals surface area contributed by atoms with E-state index < -0.39 is 10.0 Å². The minimum atomic E-state index is -3.75. The van der Waals surface area contributed by atoms with Crippen LogP contribution in [0.5, 0.6) is 0 Å². The minimum absolute atomic E-state index is 0.0203. The van der Waals surface area contributed by atoms with Crippen molar-refractivity contribution in [3.05, 3.63) is 52.1 Å². The van der Waals surface area contributed by atoms with Gasteiger partial charge in [-0.15, -0.1) is 0 Å². The van der Waals surface area contributed by atoms with Crippen molar-refractivity contribution in [3.8, 4) is 0 Å². The third-order valence-corrected chi connectivity index (χ3v) is 3.76. The molecule has 0 aliphatic heterocycles. The number of aromatic nitrogens is 2. The summed E-state index contributed by atoms with van der Waals surface area (Å²) >= 11 is 0. The van der Waals surface area contributed by atoms with Crippen molar-refractivity contribution in [3.63, 3.8) is 0 Å². The van der Waals surface area contributed by atoms with Crippen molar-refractivity contribution >= 4 is 15.8 Å². The molecule has 0 radical (unpaired) electrons. The van der Waals surface area contributed by atoms with Crippen molar-refractivity contribution in [1.82, 2.24) is 9.97 Å². The highest BCUT2D eigenvalue weighted by Crippen LogP contribution is 2.14. The summed E-state index contributed by atoms with van der Waals surface area (Å²) in [5, 5.41) is 0. The Bertz CT molecular complexity index is 725. The monoisotopic (exact) mass is 279 g/mol. The molecule has 2 N–H and O–H groups in total. The average molecular weight is 279 g/mol. The molecular weight excluding hydrogens is 266 g/mol. The van der Waals surface area contributed by atoms with Crippen molar-refractivity contribution in [2.24, 2.45) is 0 Å². The zero-order valence-corrected chi connectivity index (χ0v) is 11.3. The van der Waals surface area contributed by atoms with Gasteiger partial charge in [-0.05, 0) is 37.6 Å². The van der Waals surface area contributed by atoms with Gasteiger partial charge in [0.15, 0.2) is 0 Å². The van der Waals surface area contributed by atoms with E-state index in [1.807, 2.05) is 13.0 Å². The van der Waals surface area contributed by atoms with Crippen LogP contribution in [-0.2, 0) is 10.0 Å². The van der Waals surface area contributed by atoms with Gasteiger partial charge in [-0.1, -0.05) is 0 Å². The van der Waals surface area contributed by atoms with Gasteiger partial charge in [0.25, 0.3) is 10.0 Å². The van der Waals surface area contributed by atoms with E-state index in [0.29, 0.717) is 0 Å². The van der Waals surface area contributed by atoms with Crippen LogP contribution in [-0.4, -0.2) is 18.4 Å². The minimum Gasteiger partial charge on any atom is -0.328 e. The molecule has 6 nitrogen and oxygen atoms in total. The van der Waals surface area contributed by atoms with E-state index in [-0.39, 0.29) is 16.3 Å². The maximum absolute atomic E-state index is 12.1. The quantitative estimate of drug-likeness (QED) is 0.882. The fourth-order valence-corrected chi connectivity index (χ4v) is 2.61. The maximum atomic E-state index is 12.1. The third kappa shape index (κ3) is 3.19. The lowest BCUT2D eigenvalue weighted by atomic mass is 10.2. The number of hydrogen-bond acceptors (Lipinski definition) is 4. The maximum Gasteiger partial charge on any atom is 0.264 e. The van der Waals surface area contributed by atoms with Crippen LogP contribution in [0.3, 0.4) is 0 Å². The Labute approximate surface area is 110 Å². The molecule has 7 heteroatoms. The van der Waals surface area contributed by atoms with Gasteiger partial charge >= 0.3 is 0 Å². The Hall–Kier alpha value is -2.15. The van der Waals surface area contributed by atoms with E-state index >= 15 is 0 Å². The average Bonchev–Trinajstić information content (AvgIpc) is 2.27. The third-order valence-electron chi connectivity index (χ3n) is 2.40. The van der Waals surface area contributed by atoms with Gasteiger partial charge in [0.1, 0.15) is 10.7 Å². The first-order valence-corrected chi connectivity index (χ1v) is 7.02. The lowest BCUT2D eigenvalue weighted by Gasteiger charge is -2.08. The Balaban J connectivity index is 2.36. The number of pyridine rings is 2. The second kappa shape index (κ2) is 4.85. The molecule has 0 atom stereocenters. The van der Waals surface area contributed by atoms with Crippen molar-refractivity contribution < 1.29 is 8.42 Å². The second-order valence-electron chi connectivity index (χ2n) is 4.17. The van der Waals surface area contributed by atoms with Crippen LogP contribution in [0.15, 0.2) is 40.2 Å². The Morgan fingerprint density at radius 3 is 2.53 bits per heavy atom. The summed E-state index contributed by atoms with van der Waals surface area (Å²) in [5.74, 6) is 0.253. The summed E-state index contributed by atoms with van der Waals surface area (Å²) < 4.78 is 26.5. The smallest absolute Gasteiger partial charge is 0.264 e. The van der Waals surface area contributed by atoms with Gasteiger partial charge in [-0.25, -0.2) is 13.4 Å². The van der Waals surface area contributed by atoms with E-state index in [0.717, 1.165) is 23.5 Å². The molecule has 19 heavy (non-hydrogen) atoms. The molecule has 100 valence electrons. The molecule has 2 aromatic rings. The Kier molecular flexibility index (Phi) is 3.39. The zero-order chi connectivity index (χ0) is 14.0. The van der Waals surface area contributed by atoms with Crippen LogP contribution in [0.1, 0.15) is 11.3 Å². The fraction of sp³-hybridized carbons (Fsp3) is 0.167. The van der Waals surface area contributed by atoms with Gasteiger partial charge in [-0.3, -0.25) is 9.52 Å².